The highest BCUT2D eigenvalue weighted by atomic mass is 16.5. The van der Waals surface area contributed by atoms with Gasteiger partial charge in [-0.05, 0) is 54.5 Å². The summed E-state index contributed by atoms with van der Waals surface area (Å²) in [6, 6.07) is 20.8. The molecular formula is C33H33N3O4. The normalized spacial score (nSPS) is 23.0. The Morgan fingerprint density at radius 3 is 2.33 bits per heavy atom. The molecule has 40 heavy (non-hydrogen) atoms. The second-order valence-corrected chi connectivity index (χ2v) is 11.0. The van der Waals surface area contributed by atoms with E-state index in [4.69, 9.17) is 11.2 Å². The van der Waals surface area contributed by atoms with Crippen molar-refractivity contribution in [1.82, 2.24) is 14.4 Å². The summed E-state index contributed by atoms with van der Waals surface area (Å²) in [7, 11) is 1.38. The van der Waals surface area contributed by atoms with Gasteiger partial charge in [0.15, 0.2) is 5.54 Å². The van der Waals surface area contributed by atoms with Crippen molar-refractivity contribution in [2.75, 3.05) is 26.7 Å². The van der Waals surface area contributed by atoms with Gasteiger partial charge in [0.05, 0.1) is 13.7 Å². The minimum absolute atomic E-state index is 0.0135. The van der Waals surface area contributed by atoms with Gasteiger partial charge in [-0.15, -0.1) is 6.42 Å². The lowest BCUT2D eigenvalue weighted by molar-refractivity contribution is -0.153. The largest absolute Gasteiger partial charge is 0.467 e. The number of esters is 1. The Labute approximate surface area is 234 Å². The zero-order valence-electron chi connectivity index (χ0n) is 22.7. The fourth-order valence-electron chi connectivity index (χ4n) is 7.24. The number of likely N-dealkylation sites (tertiary alicyclic amines) is 2. The van der Waals surface area contributed by atoms with Gasteiger partial charge < -0.3 is 19.1 Å². The molecule has 3 atom stereocenters. The zero-order valence-corrected chi connectivity index (χ0v) is 22.7. The number of rotatable bonds is 6. The number of terminal acetylenes is 1. The van der Waals surface area contributed by atoms with Gasteiger partial charge >= 0.3 is 5.97 Å². The molecule has 2 fully saturated rings. The van der Waals surface area contributed by atoms with Crippen LogP contribution in [0.1, 0.15) is 56.4 Å². The van der Waals surface area contributed by atoms with Crippen molar-refractivity contribution >= 4 is 17.8 Å². The fraction of sp³-hybridized carbons (Fsp3) is 0.364. The third-order valence-corrected chi connectivity index (χ3v) is 8.90. The Morgan fingerprint density at radius 2 is 1.68 bits per heavy atom. The van der Waals surface area contributed by atoms with E-state index in [1.54, 1.807) is 17.0 Å². The van der Waals surface area contributed by atoms with E-state index in [1.165, 1.54) is 7.11 Å². The molecular weight excluding hydrogens is 502 g/mol. The monoisotopic (exact) mass is 535 g/mol. The average molecular weight is 536 g/mol. The number of hydrogen-bond donors (Lipinski definition) is 0. The maximum absolute atomic E-state index is 14.1. The molecule has 0 radical (unpaired) electrons. The van der Waals surface area contributed by atoms with E-state index < -0.39 is 11.5 Å². The number of benzene rings is 2. The third-order valence-electron chi connectivity index (χ3n) is 8.90. The molecule has 6 rings (SSSR count). The fourth-order valence-corrected chi connectivity index (χ4v) is 7.24. The number of carbonyl (C=O) groups excluding carboxylic acids is 3. The van der Waals surface area contributed by atoms with Gasteiger partial charge in [-0.1, -0.05) is 54.5 Å². The predicted molar refractivity (Wildman–Crippen MR) is 151 cm³/mol. The van der Waals surface area contributed by atoms with Crippen LogP contribution >= 0.6 is 0 Å². The zero-order chi connectivity index (χ0) is 27.9. The van der Waals surface area contributed by atoms with Gasteiger partial charge in [0, 0.05) is 43.2 Å². The summed E-state index contributed by atoms with van der Waals surface area (Å²) >= 11 is 0. The van der Waals surface area contributed by atoms with Crippen molar-refractivity contribution in [3.05, 3.63) is 94.8 Å². The van der Waals surface area contributed by atoms with E-state index in [9.17, 15) is 14.4 Å². The van der Waals surface area contributed by atoms with Crippen LogP contribution < -0.4 is 0 Å². The van der Waals surface area contributed by atoms with Gasteiger partial charge in [0.25, 0.3) is 11.8 Å². The van der Waals surface area contributed by atoms with Crippen molar-refractivity contribution in [2.24, 2.45) is 5.92 Å². The van der Waals surface area contributed by atoms with Crippen LogP contribution in [0.5, 0.6) is 0 Å². The summed E-state index contributed by atoms with van der Waals surface area (Å²) in [5, 5.41) is 0. The first kappa shape index (κ1) is 25.9. The van der Waals surface area contributed by atoms with Crippen LogP contribution in [0.4, 0.5) is 0 Å². The highest BCUT2D eigenvalue weighted by Gasteiger charge is 2.64. The molecule has 204 valence electrons. The maximum Gasteiger partial charge on any atom is 0.332 e. The Balaban J connectivity index is 1.52. The second kappa shape index (κ2) is 10.3. The molecule has 2 saturated heterocycles. The Morgan fingerprint density at radius 1 is 1.00 bits per heavy atom. The minimum atomic E-state index is -1.28. The second-order valence-electron chi connectivity index (χ2n) is 11.0. The molecule has 1 aliphatic carbocycles. The van der Waals surface area contributed by atoms with Gasteiger partial charge in [-0.25, -0.2) is 4.79 Å². The number of hydrogen-bond acceptors (Lipinski definition) is 4. The predicted octanol–water partition coefficient (Wildman–Crippen LogP) is 3.92. The standard InChI is InChI=1S/C33H33N3O4/c1-3-16-35-27-19-25-22-36(30(37)24-14-8-5-9-15-24)33(32(39)40-2,21-23-12-6-4-7-13-23)29(25)26(27)20-28(35)31(38)34-17-10-11-18-34/h1,4-9,12-15,20,25,29H,10-11,16-19,21-22H2,2H3/t25-,29+,33+/m0/s1. The van der Waals surface area contributed by atoms with E-state index >= 15 is 0 Å². The number of amides is 2. The highest BCUT2D eigenvalue weighted by Crippen LogP contribution is 2.55. The Kier molecular flexibility index (Phi) is 6.71. The lowest BCUT2D eigenvalue weighted by Crippen LogP contribution is -2.58. The molecule has 0 bridgehead atoms. The van der Waals surface area contributed by atoms with Crippen molar-refractivity contribution in [3.8, 4) is 12.3 Å². The quantitative estimate of drug-likeness (QED) is 0.354. The summed E-state index contributed by atoms with van der Waals surface area (Å²) in [6.07, 6.45) is 8.69. The maximum atomic E-state index is 14.1. The Hall–Kier alpha value is -4.31. The summed E-state index contributed by atoms with van der Waals surface area (Å²) in [6.45, 7) is 2.15. The first-order chi connectivity index (χ1) is 19.5. The molecule has 3 aromatic rings. The van der Waals surface area contributed by atoms with Crippen LogP contribution in [0.15, 0.2) is 66.7 Å². The highest BCUT2D eigenvalue weighted by molar-refractivity contribution is 6.00. The van der Waals surface area contributed by atoms with Crippen molar-refractivity contribution in [3.63, 3.8) is 0 Å². The van der Waals surface area contributed by atoms with Crippen LogP contribution in [-0.4, -0.2) is 64.4 Å². The minimum Gasteiger partial charge on any atom is -0.467 e. The van der Waals surface area contributed by atoms with Crippen LogP contribution in [-0.2, 0) is 28.9 Å². The van der Waals surface area contributed by atoms with Gasteiger partial charge in [-0.3, -0.25) is 9.59 Å². The first-order valence-corrected chi connectivity index (χ1v) is 13.9. The van der Waals surface area contributed by atoms with E-state index in [0.29, 0.717) is 30.6 Å². The molecule has 2 aromatic carbocycles. The number of nitrogens with zero attached hydrogens (tertiary/aromatic N) is 3. The molecule has 0 N–H and O–H groups in total. The number of aromatic nitrogens is 1. The number of carbonyl (C=O) groups is 3. The van der Waals surface area contributed by atoms with Crippen molar-refractivity contribution in [2.45, 2.75) is 43.7 Å². The number of fused-ring (bicyclic) bond motifs is 3. The lowest BCUT2D eigenvalue weighted by atomic mass is 9.75. The average Bonchev–Trinajstić information content (AvgIpc) is 3.77. The number of methoxy groups -OCH3 is 1. The third kappa shape index (κ3) is 4.02. The van der Waals surface area contributed by atoms with Crippen LogP contribution in [0.2, 0.25) is 0 Å². The van der Waals surface area contributed by atoms with Crippen LogP contribution in [0.3, 0.4) is 0 Å². The van der Waals surface area contributed by atoms with E-state index in [0.717, 1.165) is 42.8 Å². The van der Waals surface area contributed by atoms with Crippen LogP contribution in [0, 0.1) is 18.3 Å². The first-order valence-electron chi connectivity index (χ1n) is 13.9. The molecule has 2 aliphatic heterocycles. The summed E-state index contributed by atoms with van der Waals surface area (Å²) in [4.78, 5) is 45.4. The smallest absolute Gasteiger partial charge is 0.332 e. The van der Waals surface area contributed by atoms with Gasteiger partial charge in [0.2, 0.25) is 0 Å². The van der Waals surface area contributed by atoms with Crippen molar-refractivity contribution in [1.29, 1.82) is 0 Å². The molecule has 2 amide bonds. The van der Waals surface area contributed by atoms with Gasteiger partial charge in [-0.2, -0.15) is 0 Å². The van der Waals surface area contributed by atoms with Crippen molar-refractivity contribution < 1.29 is 19.1 Å². The molecule has 1 aromatic heterocycles. The number of ether oxygens (including phenoxy) is 1. The Bertz CT molecular complexity index is 1480. The van der Waals surface area contributed by atoms with Crippen LogP contribution in [0.25, 0.3) is 0 Å². The summed E-state index contributed by atoms with van der Waals surface area (Å²) in [5.41, 5.74) is 2.66. The summed E-state index contributed by atoms with van der Waals surface area (Å²) in [5.74, 6) is 1.70. The molecule has 3 aliphatic rings. The molecule has 0 spiro atoms. The van der Waals surface area contributed by atoms with Gasteiger partial charge in [0.1, 0.15) is 5.69 Å². The van der Waals surface area contributed by atoms with E-state index in [2.05, 4.69) is 5.92 Å². The van der Waals surface area contributed by atoms with E-state index in [-0.39, 0.29) is 30.2 Å². The van der Waals surface area contributed by atoms with E-state index in [1.807, 2.05) is 64.1 Å². The molecule has 7 nitrogen and oxygen atoms in total. The SMILES string of the molecule is C#CCn1c(C(=O)N2CCCC2)cc2c1C[C@H]1CN(C(=O)c3ccccc3)[C@@](Cc3ccccc3)(C(=O)OC)[C@@H]21. The summed E-state index contributed by atoms with van der Waals surface area (Å²) < 4.78 is 7.48. The lowest BCUT2D eigenvalue weighted by Gasteiger charge is -2.40. The molecule has 3 heterocycles. The molecule has 0 saturated carbocycles. The topological polar surface area (TPSA) is 71.9 Å². The molecule has 0 unspecified atom stereocenters. The molecule has 7 heteroatoms.